The summed E-state index contributed by atoms with van der Waals surface area (Å²) < 4.78 is 0. The van der Waals surface area contributed by atoms with Crippen LogP contribution in [0.4, 0.5) is 0 Å². The molecule has 0 aliphatic heterocycles. The molecule has 1 aliphatic carbocycles. The first-order valence-electron chi connectivity index (χ1n) is 5.47. The number of hydrogen-bond acceptors (Lipinski definition) is 2. The van der Waals surface area contributed by atoms with Crippen LogP contribution < -0.4 is 5.32 Å². The molecule has 3 heteroatoms. The second-order valence-corrected chi connectivity index (χ2v) is 4.82. The van der Waals surface area contributed by atoms with Crippen molar-refractivity contribution < 1.29 is 9.90 Å². The van der Waals surface area contributed by atoms with Gasteiger partial charge in [0.05, 0.1) is 5.92 Å². The number of rotatable bonds is 5. The summed E-state index contributed by atoms with van der Waals surface area (Å²) in [7, 11) is 0. The lowest BCUT2D eigenvalue weighted by molar-refractivity contribution is -0.141. The smallest absolute Gasteiger partial charge is 0.307 e. The van der Waals surface area contributed by atoms with E-state index in [-0.39, 0.29) is 5.92 Å². The highest BCUT2D eigenvalue weighted by atomic mass is 16.4. The second-order valence-electron chi connectivity index (χ2n) is 4.82. The van der Waals surface area contributed by atoms with Gasteiger partial charge in [0, 0.05) is 12.6 Å². The number of carbonyl (C=O) groups is 1. The molecular weight excluding hydrogens is 178 g/mol. The van der Waals surface area contributed by atoms with Crippen molar-refractivity contribution in [3.63, 3.8) is 0 Å². The molecule has 82 valence electrons. The minimum absolute atomic E-state index is 0.270. The maximum atomic E-state index is 10.6. The van der Waals surface area contributed by atoms with E-state index in [1.807, 2.05) is 0 Å². The maximum absolute atomic E-state index is 10.6. The summed E-state index contributed by atoms with van der Waals surface area (Å²) in [6.45, 7) is 6.85. The molecule has 1 unspecified atom stereocenters. The predicted molar refractivity (Wildman–Crippen MR) is 56.2 cm³/mol. The molecule has 0 radical (unpaired) electrons. The second kappa shape index (κ2) is 4.78. The molecule has 1 rings (SSSR count). The average Bonchev–Trinajstić information content (AvgIpc) is 1.99. The highest BCUT2D eigenvalue weighted by Crippen LogP contribution is 2.33. The van der Waals surface area contributed by atoms with Crippen LogP contribution in [0.15, 0.2) is 0 Å². The Hall–Kier alpha value is -0.570. The molecular formula is C11H21NO2. The molecule has 1 atom stereocenters. The van der Waals surface area contributed by atoms with Crippen molar-refractivity contribution in [2.24, 2.45) is 17.8 Å². The van der Waals surface area contributed by atoms with Gasteiger partial charge in [-0.2, -0.15) is 0 Å². The van der Waals surface area contributed by atoms with Crippen LogP contribution in [-0.2, 0) is 4.79 Å². The van der Waals surface area contributed by atoms with Gasteiger partial charge in [-0.05, 0) is 24.7 Å². The molecule has 0 heterocycles. The van der Waals surface area contributed by atoms with Gasteiger partial charge in [0.2, 0.25) is 0 Å². The van der Waals surface area contributed by atoms with Crippen LogP contribution in [0.5, 0.6) is 0 Å². The third-order valence-corrected chi connectivity index (χ3v) is 3.25. The van der Waals surface area contributed by atoms with Crippen LogP contribution >= 0.6 is 0 Å². The zero-order chi connectivity index (χ0) is 10.7. The Balaban J connectivity index is 2.09. The van der Waals surface area contributed by atoms with E-state index in [9.17, 15) is 4.79 Å². The van der Waals surface area contributed by atoms with Crippen LogP contribution in [-0.4, -0.2) is 23.7 Å². The molecule has 2 N–H and O–H groups in total. The summed E-state index contributed by atoms with van der Waals surface area (Å²) in [6.07, 6.45) is 2.42. The Morgan fingerprint density at radius 1 is 1.43 bits per heavy atom. The fourth-order valence-corrected chi connectivity index (χ4v) is 1.80. The van der Waals surface area contributed by atoms with Gasteiger partial charge in [0.1, 0.15) is 0 Å². The number of carboxylic acids is 1. The average molecular weight is 199 g/mol. The number of aliphatic carboxylic acids is 1. The third-order valence-electron chi connectivity index (χ3n) is 3.25. The molecule has 0 saturated heterocycles. The summed E-state index contributed by atoms with van der Waals surface area (Å²) in [5.41, 5.74) is 0. The summed E-state index contributed by atoms with van der Waals surface area (Å²) in [5, 5.41) is 12.0. The van der Waals surface area contributed by atoms with Crippen molar-refractivity contribution >= 4 is 5.97 Å². The Morgan fingerprint density at radius 2 is 2.00 bits per heavy atom. The van der Waals surface area contributed by atoms with Crippen LogP contribution in [0.25, 0.3) is 0 Å². The van der Waals surface area contributed by atoms with Crippen LogP contribution in [0.2, 0.25) is 0 Å². The number of nitrogens with one attached hydrogen (secondary N) is 1. The van der Waals surface area contributed by atoms with E-state index < -0.39 is 5.97 Å². The standard InChI is InChI=1S/C11H21NO2/c1-7(2)9-4-10(5-9)12-6-8(3)11(13)14/h7-10,12H,4-6H2,1-3H3,(H,13,14). The summed E-state index contributed by atoms with van der Waals surface area (Å²) in [5.74, 6) is 0.628. The zero-order valence-corrected chi connectivity index (χ0v) is 9.29. The fourth-order valence-electron chi connectivity index (χ4n) is 1.80. The molecule has 1 saturated carbocycles. The maximum Gasteiger partial charge on any atom is 0.307 e. The van der Waals surface area contributed by atoms with Crippen molar-refractivity contribution in [3.8, 4) is 0 Å². The van der Waals surface area contributed by atoms with Crippen LogP contribution in [0, 0.1) is 17.8 Å². The van der Waals surface area contributed by atoms with E-state index in [1.165, 1.54) is 12.8 Å². The Bertz CT molecular complexity index is 197. The topological polar surface area (TPSA) is 49.3 Å². The van der Waals surface area contributed by atoms with Gasteiger partial charge in [-0.15, -0.1) is 0 Å². The van der Waals surface area contributed by atoms with E-state index in [0.717, 1.165) is 11.8 Å². The van der Waals surface area contributed by atoms with Crippen molar-refractivity contribution in [2.75, 3.05) is 6.54 Å². The molecule has 0 amide bonds. The number of carboxylic acid groups (broad SMARTS) is 1. The van der Waals surface area contributed by atoms with E-state index in [1.54, 1.807) is 6.92 Å². The molecule has 1 aliphatic rings. The summed E-state index contributed by atoms with van der Waals surface area (Å²) >= 11 is 0. The quantitative estimate of drug-likeness (QED) is 0.709. The highest BCUT2D eigenvalue weighted by molar-refractivity contribution is 5.69. The molecule has 1 fully saturated rings. The lowest BCUT2D eigenvalue weighted by Crippen LogP contribution is -2.45. The van der Waals surface area contributed by atoms with Crippen LogP contribution in [0.3, 0.4) is 0 Å². The van der Waals surface area contributed by atoms with Gasteiger partial charge >= 0.3 is 5.97 Å². The molecule has 0 bridgehead atoms. The highest BCUT2D eigenvalue weighted by Gasteiger charge is 2.31. The lowest BCUT2D eigenvalue weighted by atomic mass is 9.73. The van der Waals surface area contributed by atoms with Gasteiger partial charge in [0.15, 0.2) is 0 Å². The molecule has 0 aromatic heterocycles. The first-order chi connectivity index (χ1) is 6.50. The zero-order valence-electron chi connectivity index (χ0n) is 9.29. The third kappa shape index (κ3) is 2.98. The molecule has 0 aromatic carbocycles. The minimum Gasteiger partial charge on any atom is -0.481 e. The van der Waals surface area contributed by atoms with E-state index in [2.05, 4.69) is 19.2 Å². The molecule has 14 heavy (non-hydrogen) atoms. The predicted octanol–water partition coefficient (Wildman–Crippen LogP) is 1.73. The van der Waals surface area contributed by atoms with Crippen molar-refractivity contribution in [2.45, 2.75) is 39.7 Å². The Morgan fingerprint density at radius 3 is 2.43 bits per heavy atom. The monoisotopic (exact) mass is 199 g/mol. The number of hydrogen-bond donors (Lipinski definition) is 2. The van der Waals surface area contributed by atoms with Gasteiger partial charge in [-0.25, -0.2) is 0 Å². The largest absolute Gasteiger partial charge is 0.481 e. The first-order valence-corrected chi connectivity index (χ1v) is 5.47. The normalized spacial score (nSPS) is 28.6. The summed E-state index contributed by atoms with van der Waals surface area (Å²) in [4.78, 5) is 10.6. The van der Waals surface area contributed by atoms with Gasteiger partial charge < -0.3 is 10.4 Å². The fraction of sp³-hybridized carbons (Fsp3) is 0.909. The van der Waals surface area contributed by atoms with Gasteiger partial charge in [-0.3, -0.25) is 4.79 Å². The summed E-state index contributed by atoms with van der Waals surface area (Å²) in [6, 6.07) is 0.559. The Kier molecular flexibility index (Phi) is 3.93. The Labute approximate surface area is 85.9 Å². The minimum atomic E-state index is -0.711. The SMILES string of the molecule is CC(CNC1CC(C(C)C)C1)C(=O)O. The van der Waals surface area contributed by atoms with Crippen molar-refractivity contribution in [1.29, 1.82) is 0 Å². The van der Waals surface area contributed by atoms with Gasteiger partial charge in [-0.1, -0.05) is 20.8 Å². The lowest BCUT2D eigenvalue weighted by Gasteiger charge is -2.39. The molecule has 0 spiro atoms. The van der Waals surface area contributed by atoms with E-state index in [0.29, 0.717) is 12.6 Å². The van der Waals surface area contributed by atoms with Crippen LogP contribution in [0.1, 0.15) is 33.6 Å². The van der Waals surface area contributed by atoms with Crippen molar-refractivity contribution in [1.82, 2.24) is 5.32 Å². The van der Waals surface area contributed by atoms with E-state index in [4.69, 9.17) is 5.11 Å². The van der Waals surface area contributed by atoms with Crippen molar-refractivity contribution in [3.05, 3.63) is 0 Å². The molecule has 3 nitrogen and oxygen atoms in total. The van der Waals surface area contributed by atoms with Gasteiger partial charge in [0.25, 0.3) is 0 Å². The first kappa shape index (κ1) is 11.5. The van der Waals surface area contributed by atoms with E-state index >= 15 is 0 Å². The molecule has 0 aromatic rings.